The van der Waals surface area contributed by atoms with E-state index in [0.717, 1.165) is 0 Å². The summed E-state index contributed by atoms with van der Waals surface area (Å²) >= 11 is 3.42. The normalized spacial score (nSPS) is 9.86. The summed E-state index contributed by atoms with van der Waals surface area (Å²) in [4.78, 5) is 14.2. The van der Waals surface area contributed by atoms with Gasteiger partial charge in [-0.2, -0.15) is 0 Å². The summed E-state index contributed by atoms with van der Waals surface area (Å²) in [5.74, 6) is 0.999. The van der Waals surface area contributed by atoms with Crippen LogP contribution in [0.4, 0.5) is 0 Å². The van der Waals surface area contributed by atoms with E-state index < -0.39 is 0 Å². The molecule has 0 aromatic heterocycles. The lowest BCUT2D eigenvalue weighted by Crippen LogP contribution is -2.31. The molecular weight excluding hydrogens is 334 g/mol. The Labute approximate surface area is 134 Å². The first-order chi connectivity index (χ1) is 10.1. The molecule has 0 aliphatic carbocycles. The Balaban J connectivity index is 3.17. The quantitative estimate of drug-likeness (QED) is 0.669. The van der Waals surface area contributed by atoms with Crippen LogP contribution in [0.3, 0.4) is 0 Å². The number of hydrogen-bond donors (Lipinski definition) is 0. The highest BCUT2D eigenvalue weighted by Gasteiger charge is 2.18. The fraction of sp³-hybridized carbons (Fsp3) is 0.312. The molecule has 0 aliphatic rings. The van der Waals surface area contributed by atoms with Crippen LogP contribution in [0, 0.1) is 0 Å². The third-order valence-electron chi connectivity index (χ3n) is 2.75. The minimum Gasteiger partial charge on any atom is -0.493 e. The van der Waals surface area contributed by atoms with Crippen molar-refractivity contribution in [3.63, 3.8) is 0 Å². The van der Waals surface area contributed by atoms with E-state index in [2.05, 4.69) is 29.1 Å². The number of nitrogens with zero attached hydrogens (tertiary/aromatic N) is 1. The number of hydrogen-bond acceptors (Lipinski definition) is 3. The zero-order chi connectivity index (χ0) is 15.8. The molecule has 0 spiro atoms. The first-order valence-electron chi connectivity index (χ1n) is 6.60. The number of ether oxygens (including phenoxy) is 2. The van der Waals surface area contributed by atoms with E-state index in [1.54, 1.807) is 36.3 Å². The summed E-state index contributed by atoms with van der Waals surface area (Å²) in [5.41, 5.74) is 0.519. The number of carbonyl (C=O) groups excluding carboxylic acids is 1. The fourth-order valence-electron chi connectivity index (χ4n) is 1.86. The molecule has 0 N–H and O–H groups in total. The molecule has 5 heteroatoms. The van der Waals surface area contributed by atoms with Crippen molar-refractivity contribution in [2.24, 2.45) is 0 Å². The van der Waals surface area contributed by atoms with Gasteiger partial charge in [0.25, 0.3) is 5.91 Å². The smallest absolute Gasteiger partial charge is 0.254 e. The molecule has 114 valence electrons. The average Bonchev–Trinajstić information content (AvgIpc) is 2.48. The summed E-state index contributed by atoms with van der Waals surface area (Å²) in [6.07, 6.45) is 3.37. The van der Waals surface area contributed by atoms with Crippen molar-refractivity contribution in [2.75, 3.05) is 26.8 Å². The molecule has 4 nitrogen and oxygen atoms in total. The molecule has 0 saturated carbocycles. The lowest BCUT2D eigenvalue weighted by molar-refractivity contribution is 0.0790. The Morgan fingerprint density at radius 3 is 2.43 bits per heavy atom. The Morgan fingerprint density at radius 1 is 1.33 bits per heavy atom. The highest BCUT2D eigenvalue weighted by atomic mass is 79.9. The van der Waals surface area contributed by atoms with E-state index >= 15 is 0 Å². The van der Waals surface area contributed by atoms with Gasteiger partial charge in [-0.25, -0.2) is 0 Å². The van der Waals surface area contributed by atoms with E-state index in [4.69, 9.17) is 9.47 Å². The van der Waals surface area contributed by atoms with Gasteiger partial charge in [-0.15, -0.1) is 13.2 Å². The molecule has 0 heterocycles. The van der Waals surface area contributed by atoms with Crippen molar-refractivity contribution in [1.29, 1.82) is 0 Å². The molecule has 1 rings (SSSR count). The van der Waals surface area contributed by atoms with Crippen molar-refractivity contribution in [2.45, 2.75) is 6.92 Å². The third-order valence-corrected chi connectivity index (χ3v) is 3.34. The third kappa shape index (κ3) is 4.36. The first kappa shape index (κ1) is 17.3. The summed E-state index contributed by atoms with van der Waals surface area (Å²) in [7, 11) is 1.55. The molecule has 21 heavy (non-hydrogen) atoms. The van der Waals surface area contributed by atoms with Crippen LogP contribution in [0.15, 0.2) is 41.9 Å². The predicted molar refractivity (Wildman–Crippen MR) is 88.2 cm³/mol. The average molecular weight is 354 g/mol. The van der Waals surface area contributed by atoms with Gasteiger partial charge in [0.05, 0.1) is 18.2 Å². The van der Waals surface area contributed by atoms with Crippen LogP contribution in [0.25, 0.3) is 0 Å². The second kappa shape index (κ2) is 8.52. The minimum absolute atomic E-state index is 0.114. The van der Waals surface area contributed by atoms with Gasteiger partial charge in [0.1, 0.15) is 0 Å². The van der Waals surface area contributed by atoms with E-state index in [0.29, 0.717) is 41.2 Å². The Kier molecular flexibility index (Phi) is 7.02. The lowest BCUT2D eigenvalue weighted by Gasteiger charge is -2.20. The monoisotopic (exact) mass is 353 g/mol. The molecule has 1 aromatic carbocycles. The van der Waals surface area contributed by atoms with Crippen LogP contribution >= 0.6 is 15.9 Å². The zero-order valence-electron chi connectivity index (χ0n) is 12.4. The molecule has 0 aliphatic heterocycles. The summed E-state index contributed by atoms with van der Waals surface area (Å²) in [5, 5.41) is 0. The number of carbonyl (C=O) groups is 1. The van der Waals surface area contributed by atoms with Crippen LogP contribution in [-0.4, -0.2) is 37.6 Å². The van der Waals surface area contributed by atoms with Gasteiger partial charge in [-0.1, -0.05) is 12.2 Å². The van der Waals surface area contributed by atoms with Crippen molar-refractivity contribution >= 4 is 21.8 Å². The van der Waals surface area contributed by atoms with E-state index in [1.165, 1.54) is 0 Å². The Morgan fingerprint density at radius 2 is 1.95 bits per heavy atom. The van der Waals surface area contributed by atoms with E-state index in [9.17, 15) is 4.79 Å². The van der Waals surface area contributed by atoms with Gasteiger partial charge in [0.15, 0.2) is 11.5 Å². The maximum atomic E-state index is 12.5. The number of amides is 1. The maximum Gasteiger partial charge on any atom is 0.254 e. The Hall–Kier alpha value is -1.75. The van der Waals surface area contributed by atoms with E-state index in [1.807, 2.05) is 6.92 Å². The highest BCUT2D eigenvalue weighted by molar-refractivity contribution is 9.10. The second-order valence-corrected chi connectivity index (χ2v) is 5.06. The van der Waals surface area contributed by atoms with Crippen LogP contribution in [0.2, 0.25) is 0 Å². The van der Waals surface area contributed by atoms with E-state index in [-0.39, 0.29) is 5.91 Å². The maximum absolute atomic E-state index is 12.5. The lowest BCUT2D eigenvalue weighted by atomic mass is 10.1. The highest BCUT2D eigenvalue weighted by Crippen LogP contribution is 2.36. The molecular formula is C16H20BrNO3. The van der Waals surface area contributed by atoms with Gasteiger partial charge < -0.3 is 14.4 Å². The molecule has 0 radical (unpaired) electrons. The first-order valence-corrected chi connectivity index (χ1v) is 7.39. The fourth-order valence-corrected chi connectivity index (χ4v) is 2.42. The van der Waals surface area contributed by atoms with Gasteiger partial charge in [-0.05, 0) is 35.0 Å². The minimum atomic E-state index is -0.114. The second-order valence-electron chi connectivity index (χ2n) is 4.21. The summed E-state index contributed by atoms with van der Waals surface area (Å²) in [6.45, 7) is 10.7. The van der Waals surface area contributed by atoms with Crippen molar-refractivity contribution in [1.82, 2.24) is 4.90 Å². The molecule has 0 atom stereocenters. The topological polar surface area (TPSA) is 38.8 Å². The molecule has 1 aromatic rings. The molecule has 0 saturated heterocycles. The van der Waals surface area contributed by atoms with Crippen molar-refractivity contribution in [3.05, 3.63) is 47.5 Å². The van der Waals surface area contributed by atoms with Gasteiger partial charge in [0, 0.05) is 18.7 Å². The van der Waals surface area contributed by atoms with Crippen molar-refractivity contribution in [3.8, 4) is 11.5 Å². The van der Waals surface area contributed by atoms with Crippen LogP contribution in [0.1, 0.15) is 17.3 Å². The number of benzene rings is 1. The van der Waals surface area contributed by atoms with Gasteiger partial charge in [0.2, 0.25) is 0 Å². The standard InChI is InChI=1S/C16H20BrNO3/c1-5-8-18(9-6-2)16(19)12-10-13(17)15(21-7-3)14(11-12)20-4/h5-6,10-11H,1-2,7-9H2,3-4H3. The summed E-state index contributed by atoms with van der Waals surface area (Å²) < 4.78 is 11.5. The van der Waals surface area contributed by atoms with Crippen LogP contribution in [0.5, 0.6) is 11.5 Å². The molecule has 1 amide bonds. The predicted octanol–water partition coefficient (Wildman–Crippen LogP) is 3.67. The number of rotatable bonds is 8. The van der Waals surface area contributed by atoms with Crippen molar-refractivity contribution < 1.29 is 14.3 Å². The molecule has 0 bridgehead atoms. The number of halogens is 1. The SMILES string of the molecule is C=CCN(CC=C)C(=O)c1cc(Br)c(OCC)c(OC)c1. The van der Waals surface area contributed by atoms with Gasteiger partial charge >= 0.3 is 0 Å². The van der Waals surface area contributed by atoms with Gasteiger partial charge in [-0.3, -0.25) is 4.79 Å². The molecule has 0 unspecified atom stereocenters. The van der Waals surface area contributed by atoms with Crippen LogP contribution < -0.4 is 9.47 Å². The largest absolute Gasteiger partial charge is 0.493 e. The number of methoxy groups -OCH3 is 1. The molecule has 0 fully saturated rings. The zero-order valence-corrected chi connectivity index (χ0v) is 14.0. The Bertz CT molecular complexity index is 518. The summed E-state index contributed by atoms with van der Waals surface area (Å²) in [6, 6.07) is 3.41. The van der Waals surface area contributed by atoms with Crippen LogP contribution in [-0.2, 0) is 0 Å².